The largest absolute Gasteiger partial charge is 0.251 e. The molecule has 4 aromatic rings. The van der Waals surface area contributed by atoms with Gasteiger partial charge in [-0.3, -0.25) is 4.98 Å². The van der Waals surface area contributed by atoms with Crippen LogP contribution in [0.4, 0.5) is 4.39 Å². The maximum atomic E-state index is 14.0. The number of thiazole rings is 1. The standard InChI is InChI=1S/C17H11ClFN5S/c18-12-5-6-14(20-7-12)17-22-16(15-9-25-10-21-15)23-24(17)8-11-3-1-2-4-13(11)19/h1-7,9-10H,8H2. The second kappa shape index (κ2) is 6.70. The molecule has 0 atom stereocenters. The van der Waals surface area contributed by atoms with Crippen molar-refractivity contribution in [3.63, 3.8) is 0 Å². The predicted molar refractivity (Wildman–Crippen MR) is 94.9 cm³/mol. The summed E-state index contributed by atoms with van der Waals surface area (Å²) in [5.74, 6) is 0.718. The zero-order valence-electron chi connectivity index (χ0n) is 12.8. The Bertz CT molecular complexity index is 998. The zero-order valence-corrected chi connectivity index (χ0v) is 14.4. The molecule has 4 rings (SSSR count). The first-order valence-corrected chi connectivity index (χ1v) is 8.71. The van der Waals surface area contributed by atoms with Crippen LogP contribution in [-0.2, 0) is 6.54 Å². The van der Waals surface area contributed by atoms with Crippen molar-refractivity contribution in [2.45, 2.75) is 6.54 Å². The van der Waals surface area contributed by atoms with E-state index in [1.54, 1.807) is 46.7 Å². The Balaban J connectivity index is 1.80. The van der Waals surface area contributed by atoms with E-state index in [1.807, 2.05) is 5.38 Å². The fourth-order valence-corrected chi connectivity index (χ4v) is 3.01. The Kier molecular flexibility index (Phi) is 4.25. The molecule has 0 saturated heterocycles. The van der Waals surface area contributed by atoms with Gasteiger partial charge in [-0.15, -0.1) is 16.4 Å². The summed E-state index contributed by atoms with van der Waals surface area (Å²) in [7, 11) is 0. The average molecular weight is 372 g/mol. The van der Waals surface area contributed by atoms with Gasteiger partial charge in [-0.1, -0.05) is 29.8 Å². The fourth-order valence-electron chi connectivity index (χ4n) is 2.37. The number of pyridine rings is 1. The molecular weight excluding hydrogens is 361 g/mol. The third-order valence-electron chi connectivity index (χ3n) is 3.57. The van der Waals surface area contributed by atoms with Gasteiger partial charge in [0.1, 0.15) is 17.2 Å². The van der Waals surface area contributed by atoms with Crippen molar-refractivity contribution < 1.29 is 4.39 Å². The van der Waals surface area contributed by atoms with Gasteiger partial charge < -0.3 is 0 Å². The lowest BCUT2D eigenvalue weighted by molar-refractivity contribution is 0.587. The fraction of sp³-hybridized carbons (Fsp3) is 0.0588. The summed E-state index contributed by atoms with van der Waals surface area (Å²) in [6.07, 6.45) is 1.54. The van der Waals surface area contributed by atoms with E-state index < -0.39 is 0 Å². The molecule has 0 aliphatic rings. The van der Waals surface area contributed by atoms with Gasteiger partial charge in [-0.05, 0) is 18.2 Å². The minimum atomic E-state index is -0.289. The number of benzene rings is 1. The lowest BCUT2D eigenvalue weighted by Crippen LogP contribution is -2.06. The second-order valence-electron chi connectivity index (χ2n) is 5.24. The molecular formula is C17H11ClFN5S. The highest BCUT2D eigenvalue weighted by molar-refractivity contribution is 7.07. The highest BCUT2D eigenvalue weighted by atomic mass is 35.5. The molecule has 0 spiro atoms. The highest BCUT2D eigenvalue weighted by Crippen LogP contribution is 2.23. The summed E-state index contributed by atoms with van der Waals surface area (Å²) in [6.45, 7) is 0.240. The lowest BCUT2D eigenvalue weighted by atomic mass is 10.2. The van der Waals surface area contributed by atoms with Gasteiger partial charge >= 0.3 is 0 Å². The van der Waals surface area contributed by atoms with E-state index in [-0.39, 0.29) is 12.4 Å². The zero-order chi connectivity index (χ0) is 17.2. The van der Waals surface area contributed by atoms with Crippen LogP contribution in [-0.4, -0.2) is 24.7 Å². The van der Waals surface area contributed by atoms with E-state index in [2.05, 4.69) is 20.1 Å². The number of hydrogen-bond acceptors (Lipinski definition) is 5. The number of rotatable bonds is 4. The molecule has 0 radical (unpaired) electrons. The lowest BCUT2D eigenvalue weighted by Gasteiger charge is -2.06. The summed E-state index contributed by atoms with van der Waals surface area (Å²) in [5, 5.41) is 6.89. The second-order valence-corrected chi connectivity index (χ2v) is 6.40. The maximum absolute atomic E-state index is 14.0. The monoisotopic (exact) mass is 371 g/mol. The van der Waals surface area contributed by atoms with E-state index >= 15 is 0 Å². The van der Waals surface area contributed by atoms with E-state index in [1.165, 1.54) is 17.4 Å². The van der Waals surface area contributed by atoms with Crippen LogP contribution in [0.1, 0.15) is 5.56 Å². The molecule has 3 heterocycles. The molecule has 8 heteroatoms. The number of aromatic nitrogens is 5. The van der Waals surface area contributed by atoms with Gasteiger partial charge in [-0.2, -0.15) is 0 Å². The van der Waals surface area contributed by atoms with Crippen molar-refractivity contribution in [3.05, 3.63) is 69.9 Å². The molecule has 0 bridgehead atoms. The van der Waals surface area contributed by atoms with Crippen LogP contribution in [0.15, 0.2) is 53.5 Å². The Morgan fingerprint density at radius 3 is 2.68 bits per heavy atom. The summed E-state index contributed by atoms with van der Waals surface area (Å²) in [6, 6.07) is 10.1. The van der Waals surface area contributed by atoms with E-state index in [0.717, 1.165) is 0 Å². The molecule has 1 aromatic carbocycles. The van der Waals surface area contributed by atoms with Crippen LogP contribution < -0.4 is 0 Å². The predicted octanol–water partition coefficient (Wildman–Crippen LogP) is 4.30. The van der Waals surface area contributed by atoms with Crippen LogP contribution >= 0.6 is 22.9 Å². The van der Waals surface area contributed by atoms with Crippen LogP contribution in [0.2, 0.25) is 5.02 Å². The van der Waals surface area contributed by atoms with Crippen molar-refractivity contribution in [2.24, 2.45) is 0 Å². The minimum absolute atomic E-state index is 0.240. The van der Waals surface area contributed by atoms with Crippen LogP contribution in [0.3, 0.4) is 0 Å². The summed E-state index contributed by atoms with van der Waals surface area (Å²) < 4.78 is 15.7. The third kappa shape index (κ3) is 3.29. The first-order chi connectivity index (χ1) is 12.2. The Morgan fingerprint density at radius 2 is 1.96 bits per heavy atom. The van der Waals surface area contributed by atoms with Gasteiger partial charge in [0.2, 0.25) is 5.82 Å². The molecule has 0 aliphatic carbocycles. The Hall–Kier alpha value is -2.64. The number of hydrogen-bond donors (Lipinski definition) is 0. The maximum Gasteiger partial charge on any atom is 0.201 e. The molecule has 0 saturated carbocycles. The van der Waals surface area contributed by atoms with Gasteiger partial charge in [0.25, 0.3) is 0 Å². The van der Waals surface area contributed by atoms with Gasteiger partial charge in [0.15, 0.2) is 5.82 Å². The molecule has 25 heavy (non-hydrogen) atoms. The summed E-state index contributed by atoms with van der Waals surface area (Å²) >= 11 is 7.37. The van der Waals surface area contributed by atoms with Crippen molar-refractivity contribution in [1.29, 1.82) is 0 Å². The minimum Gasteiger partial charge on any atom is -0.251 e. The van der Waals surface area contributed by atoms with Crippen LogP contribution in [0, 0.1) is 5.82 Å². The Labute approximate surface area is 151 Å². The van der Waals surface area contributed by atoms with Gasteiger partial charge in [-0.25, -0.2) is 19.0 Å². The van der Waals surface area contributed by atoms with Crippen molar-refractivity contribution in [3.8, 4) is 23.0 Å². The topological polar surface area (TPSA) is 56.5 Å². The molecule has 3 aromatic heterocycles. The van der Waals surface area contributed by atoms with Crippen molar-refractivity contribution >= 4 is 22.9 Å². The molecule has 0 amide bonds. The van der Waals surface area contributed by atoms with Crippen molar-refractivity contribution in [2.75, 3.05) is 0 Å². The SMILES string of the molecule is Fc1ccccc1Cn1nc(-c2cscn2)nc1-c1ccc(Cl)cn1. The van der Waals surface area contributed by atoms with Crippen molar-refractivity contribution in [1.82, 2.24) is 24.7 Å². The highest BCUT2D eigenvalue weighted by Gasteiger charge is 2.17. The summed E-state index contributed by atoms with van der Waals surface area (Å²) in [4.78, 5) is 13.1. The van der Waals surface area contributed by atoms with Gasteiger partial charge in [0, 0.05) is 17.1 Å². The molecule has 0 N–H and O–H groups in total. The summed E-state index contributed by atoms with van der Waals surface area (Å²) in [5.41, 5.74) is 3.52. The number of nitrogens with zero attached hydrogens (tertiary/aromatic N) is 5. The molecule has 124 valence electrons. The normalized spacial score (nSPS) is 11.0. The molecule has 5 nitrogen and oxygen atoms in total. The molecule has 0 aliphatic heterocycles. The van der Waals surface area contributed by atoms with E-state index in [4.69, 9.17) is 11.6 Å². The Morgan fingerprint density at radius 1 is 1.08 bits per heavy atom. The molecule has 0 fully saturated rings. The smallest absolute Gasteiger partial charge is 0.201 e. The molecule has 0 unspecified atom stereocenters. The van der Waals surface area contributed by atoms with Crippen LogP contribution in [0.25, 0.3) is 23.0 Å². The number of halogens is 2. The van der Waals surface area contributed by atoms with E-state index in [9.17, 15) is 4.39 Å². The van der Waals surface area contributed by atoms with Crippen LogP contribution in [0.5, 0.6) is 0 Å². The average Bonchev–Trinajstić information content (AvgIpc) is 3.27. The third-order valence-corrected chi connectivity index (χ3v) is 4.38. The first kappa shape index (κ1) is 15.9. The van der Waals surface area contributed by atoms with E-state index in [0.29, 0.717) is 33.6 Å². The quantitative estimate of drug-likeness (QED) is 0.536. The first-order valence-electron chi connectivity index (χ1n) is 7.39. The van der Waals surface area contributed by atoms with Gasteiger partial charge in [0.05, 0.1) is 17.1 Å².